The van der Waals surface area contributed by atoms with E-state index in [1.807, 2.05) is 36.4 Å². The Bertz CT molecular complexity index is 707. The summed E-state index contributed by atoms with van der Waals surface area (Å²) in [5.41, 5.74) is 2.38. The van der Waals surface area contributed by atoms with Crippen LogP contribution in [-0.2, 0) is 6.61 Å². The Labute approximate surface area is 158 Å². The molecule has 0 saturated carbocycles. The van der Waals surface area contributed by atoms with Crippen molar-refractivity contribution in [1.82, 2.24) is 0 Å². The molecule has 0 heterocycles. The highest BCUT2D eigenvalue weighted by atomic mass is 35.5. The minimum absolute atomic E-state index is 0. The summed E-state index contributed by atoms with van der Waals surface area (Å²) in [5.74, 6) is 3.68. The Morgan fingerprint density at radius 3 is 2.56 bits per heavy atom. The van der Waals surface area contributed by atoms with E-state index in [4.69, 9.17) is 11.2 Å². The highest BCUT2D eigenvalue weighted by Crippen LogP contribution is 2.29. The Morgan fingerprint density at radius 2 is 1.92 bits per heavy atom. The average molecular weight is 356 g/mol. The lowest BCUT2D eigenvalue weighted by Crippen LogP contribution is -3.00. The Balaban J connectivity index is 0.00000312. The molecule has 2 rings (SSSR count). The lowest BCUT2D eigenvalue weighted by molar-refractivity contribution is -0.925. The van der Waals surface area contributed by atoms with Gasteiger partial charge in [0, 0.05) is 5.56 Å². The number of hydrogen-bond acceptors (Lipinski definition) is 1. The predicted molar refractivity (Wildman–Crippen MR) is 101 cm³/mol. The van der Waals surface area contributed by atoms with Crippen LogP contribution < -0.4 is 17.1 Å². The van der Waals surface area contributed by atoms with Crippen LogP contribution in [0.25, 0.3) is 0 Å². The molecule has 2 aromatic carbocycles. The van der Waals surface area contributed by atoms with Gasteiger partial charge >= 0.3 is 0 Å². The number of nitrogens with zero attached hydrogens (tertiary/aromatic N) is 1. The molecule has 0 amide bonds. The third kappa shape index (κ3) is 5.67. The Hall–Kier alpha value is -2.21. The van der Waals surface area contributed by atoms with Crippen LogP contribution in [0.2, 0.25) is 0 Å². The summed E-state index contributed by atoms with van der Waals surface area (Å²) in [4.78, 5) is 0. The fourth-order valence-electron chi connectivity index (χ4n) is 2.83. The minimum atomic E-state index is 0. The van der Waals surface area contributed by atoms with Crippen LogP contribution in [0.15, 0.2) is 67.3 Å². The summed E-state index contributed by atoms with van der Waals surface area (Å²) >= 11 is 0. The van der Waals surface area contributed by atoms with Gasteiger partial charge in [0.1, 0.15) is 24.9 Å². The first kappa shape index (κ1) is 20.8. The van der Waals surface area contributed by atoms with Crippen molar-refractivity contribution in [1.29, 1.82) is 0 Å². The summed E-state index contributed by atoms with van der Waals surface area (Å²) in [6.45, 7) is 8.16. The third-order valence-electron chi connectivity index (χ3n) is 4.52. The van der Waals surface area contributed by atoms with Gasteiger partial charge < -0.3 is 21.6 Å². The molecule has 2 atom stereocenters. The van der Waals surface area contributed by atoms with E-state index in [-0.39, 0.29) is 18.4 Å². The van der Waals surface area contributed by atoms with Crippen molar-refractivity contribution in [3.63, 3.8) is 0 Å². The normalized spacial score (nSPS) is 13.6. The molecule has 0 radical (unpaired) electrons. The number of ether oxygens (including phenoxy) is 1. The monoisotopic (exact) mass is 355 g/mol. The van der Waals surface area contributed by atoms with Crippen molar-refractivity contribution in [3.8, 4) is 18.1 Å². The standard InChI is InChI=1S/C22H26NO.ClH/c1-5-15-23(4,16-6-2)19(3)21-13-10-14-22(17-21)24-18-20-11-8-7-9-12-20;/h1,6-14,17,19H,2,15-16,18H2,3-4H3;1H/q+1;/p-1. The van der Waals surface area contributed by atoms with Crippen molar-refractivity contribution < 1.29 is 21.6 Å². The molecular weight excluding hydrogens is 330 g/mol. The first-order chi connectivity index (χ1) is 11.6. The van der Waals surface area contributed by atoms with E-state index < -0.39 is 0 Å². The first-order valence-corrected chi connectivity index (χ1v) is 8.24. The van der Waals surface area contributed by atoms with Crippen LogP contribution in [0.5, 0.6) is 5.75 Å². The molecule has 2 nitrogen and oxygen atoms in total. The fraction of sp³-hybridized carbons (Fsp3) is 0.273. The molecule has 0 aliphatic carbocycles. The van der Waals surface area contributed by atoms with Gasteiger partial charge in [-0.05, 0) is 36.6 Å². The highest BCUT2D eigenvalue weighted by molar-refractivity contribution is 5.30. The van der Waals surface area contributed by atoms with E-state index in [2.05, 4.69) is 50.7 Å². The molecule has 0 bridgehead atoms. The predicted octanol–water partition coefficient (Wildman–Crippen LogP) is 1.60. The zero-order chi connectivity index (χ0) is 17.4. The van der Waals surface area contributed by atoms with E-state index in [0.29, 0.717) is 13.2 Å². The van der Waals surface area contributed by atoms with Crippen molar-refractivity contribution >= 4 is 0 Å². The van der Waals surface area contributed by atoms with E-state index in [1.54, 1.807) is 0 Å². The summed E-state index contributed by atoms with van der Waals surface area (Å²) in [6, 6.07) is 18.7. The van der Waals surface area contributed by atoms with Crippen molar-refractivity contribution in [3.05, 3.63) is 78.4 Å². The third-order valence-corrected chi connectivity index (χ3v) is 4.52. The second kappa shape index (κ2) is 9.93. The number of terminal acetylenes is 1. The Morgan fingerprint density at radius 1 is 1.20 bits per heavy atom. The molecular formula is C22H26ClNO. The molecule has 2 unspecified atom stereocenters. The number of halogens is 1. The van der Waals surface area contributed by atoms with Gasteiger partial charge in [0.2, 0.25) is 0 Å². The van der Waals surface area contributed by atoms with Gasteiger partial charge in [0.25, 0.3) is 0 Å². The summed E-state index contributed by atoms with van der Waals surface area (Å²) in [7, 11) is 2.17. The minimum Gasteiger partial charge on any atom is -1.00 e. The Kier molecular flexibility index (Phi) is 8.28. The zero-order valence-electron chi connectivity index (χ0n) is 15.0. The van der Waals surface area contributed by atoms with Gasteiger partial charge in [-0.2, -0.15) is 0 Å². The number of quaternary nitrogens is 1. The van der Waals surface area contributed by atoms with Crippen molar-refractivity contribution in [2.24, 2.45) is 0 Å². The van der Waals surface area contributed by atoms with E-state index in [9.17, 15) is 0 Å². The maximum atomic E-state index is 5.95. The summed E-state index contributed by atoms with van der Waals surface area (Å²) < 4.78 is 6.69. The molecule has 0 aliphatic heterocycles. The molecule has 25 heavy (non-hydrogen) atoms. The van der Waals surface area contributed by atoms with Crippen LogP contribution in [0.1, 0.15) is 24.1 Å². The van der Waals surface area contributed by atoms with Crippen molar-refractivity contribution in [2.75, 3.05) is 20.1 Å². The van der Waals surface area contributed by atoms with Crippen LogP contribution in [0.3, 0.4) is 0 Å². The summed E-state index contributed by atoms with van der Waals surface area (Å²) in [6.07, 6.45) is 7.51. The highest BCUT2D eigenvalue weighted by Gasteiger charge is 2.28. The first-order valence-electron chi connectivity index (χ1n) is 8.24. The molecule has 0 fully saturated rings. The van der Waals surface area contributed by atoms with Crippen molar-refractivity contribution in [2.45, 2.75) is 19.6 Å². The quantitative estimate of drug-likeness (QED) is 0.397. The maximum Gasteiger partial charge on any atom is 0.141 e. The van der Waals surface area contributed by atoms with Gasteiger partial charge in [0.05, 0.1) is 13.6 Å². The SMILES string of the molecule is C#CC[N+](C)(CC=C)C(C)c1cccc(OCc2ccccc2)c1.[Cl-]. The number of benzene rings is 2. The molecule has 0 aromatic heterocycles. The van der Waals surface area contributed by atoms with Gasteiger partial charge in [0.15, 0.2) is 0 Å². The number of rotatable bonds is 8. The van der Waals surface area contributed by atoms with Crippen LogP contribution >= 0.6 is 0 Å². The van der Waals surface area contributed by atoms with Crippen LogP contribution in [0.4, 0.5) is 0 Å². The van der Waals surface area contributed by atoms with E-state index in [1.165, 1.54) is 5.56 Å². The van der Waals surface area contributed by atoms with Gasteiger partial charge in [-0.1, -0.05) is 49.0 Å². The lowest BCUT2D eigenvalue weighted by Gasteiger charge is -2.38. The largest absolute Gasteiger partial charge is 1.00 e. The lowest BCUT2D eigenvalue weighted by atomic mass is 10.0. The molecule has 3 heteroatoms. The molecule has 0 aliphatic rings. The topological polar surface area (TPSA) is 9.23 Å². The maximum absolute atomic E-state index is 5.95. The van der Waals surface area contributed by atoms with E-state index >= 15 is 0 Å². The van der Waals surface area contributed by atoms with Gasteiger partial charge in [-0.25, -0.2) is 0 Å². The van der Waals surface area contributed by atoms with Gasteiger partial charge in [-0.15, -0.1) is 6.42 Å². The molecule has 0 N–H and O–H groups in total. The second-order valence-electron chi connectivity index (χ2n) is 6.34. The van der Waals surface area contributed by atoms with Crippen LogP contribution in [-0.4, -0.2) is 24.6 Å². The number of likely N-dealkylation sites (N-methyl/N-ethyl adjacent to an activating group) is 1. The smallest absolute Gasteiger partial charge is 0.141 e. The van der Waals surface area contributed by atoms with Crippen LogP contribution in [0, 0.1) is 12.3 Å². The van der Waals surface area contributed by atoms with Gasteiger partial charge in [-0.3, -0.25) is 0 Å². The number of hydrogen-bond donors (Lipinski definition) is 0. The molecule has 0 saturated heterocycles. The average Bonchev–Trinajstić information content (AvgIpc) is 2.61. The molecule has 2 aromatic rings. The molecule has 0 spiro atoms. The summed E-state index contributed by atoms with van der Waals surface area (Å²) in [5, 5.41) is 0. The zero-order valence-corrected chi connectivity index (χ0v) is 15.7. The second-order valence-corrected chi connectivity index (χ2v) is 6.34. The van der Waals surface area contributed by atoms with E-state index in [0.717, 1.165) is 22.3 Å². The fourth-order valence-corrected chi connectivity index (χ4v) is 2.83. The molecule has 132 valence electrons.